The van der Waals surface area contributed by atoms with Crippen molar-refractivity contribution in [1.82, 2.24) is 30.0 Å². The van der Waals surface area contributed by atoms with Crippen LogP contribution in [-0.4, -0.2) is 75.8 Å². The molecule has 4 rings (SSSR count). The van der Waals surface area contributed by atoms with Crippen molar-refractivity contribution in [2.75, 3.05) is 39.9 Å². The lowest BCUT2D eigenvalue weighted by atomic mass is 9.95. The highest BCUT2D eigenvalue weighted by molar-refractivity contribution is 5.76. The molecular weight excluding hydrogens is 380 g/mol. The van der Waals surface area contributed by atoms with Crippen molar-refractivity contribution >= 4 is 5.91 Å². The fourth-order valence-corrected chi connectivity index (χ4v) is 4.85. The molecule has 2 fully saturated rings. The Morgan fingerprint density at radius 1 is 1.17 bits per heavy atom. The molecular formula is C22H32N6O2. The third-order valence-electron chi connectivity index (χ3n) is 6.47. The number of aromatic nitrogens is 4. The van der Waals surface area contributed by atoms with Crippen LogP contribution < -0.4 is 0 Å². The summed E-state index contributed by atoms with van der Waals surface area (Å²) in [6.45, 7) is 4.69. The Bertz CT molecular complexity index is 820. The number of benzene rings is 1. The van der Waals surface area contributed by atoms with Crippen LogP contribution in [0, 0.1) is 0 Å². The van der Waals surface area contributed by atoms with Crippen LogP contribution in [0.3, 0.4) is 0 Å². The molecule has 8 nitrogen and oxygen atoms in total. The summed E-state index contributed by atoms with van der Waals surface area (Å²) in [6.07, 6.45) is 5.65. The van der Waals surface area contributed by atoms with Crippen LogP contribution in [0.4, 0.5) is 0 Å². The summed E-state index contributed by atoms with van der Waals surface area (Å²) >= 11 is 0. The van der Waals surface area contributed by atoms with E-state index >= 15 is 0 Å². The molecule has 2 aliphatic heterocycles. The van der Waals surface area contributed by atoms with Gasteiger partial charge in [0.05, 0.1) is 13.2 Å². The van der Waals surface area contributed by atoms with Crippen molar-refractivity contribution in [1.29, 1.82) is 0 Å². The lowest BCUT2D eigenvalue weighted by Crippen LogP contribution is -2.49. The number of tetrazole rings is 1. The highest BCUT2D eigenvalue weighted by Gasteiger charge is 2.49. The summed E-state index contributed by atoms with van der Waals surface area (Å²) in [5.41, 5.74) is 0.999. The van der Waals surface area contributed by atoms with Crippen molar-refractivity contribution < 1.29 is 9.53 Å². The van der Waals surface area contributed by atoms with Gasteiger partial charge in [-0.2, -0.15) is 0 Å². The number of methoxy groups -OCH3 is 1. The van der Waals surface area contributed by atoms with Crippen LogP contribution in [0.5, 0.6) is 0 Å². The van der Waals surface area contributed by atoms with E-state index in [-0.39, 0.29) is 11.4 Å². The molecule has 0 radical (unpaired) electrons. The number of amides is 1. The first-order chi connectivity index (χ1) is 14.7. The Kier molecular flexibility index (Phi) is 6.74. The molecule has 0 spiro atoms. The number of carbonyl (C=O) groups excluding carboxylic acids is 1. The molecule has 3 heterocycles. The normalized spacial score (nSPS) is 22.1. The van der Waals surface area contributed by atoms with E-state index in [0.717, 1.165) is 44.7 Å². The second kappa shape index (κ2) is 9.66. The van der Waals surface area contributed by atoms with Crippen molar-refractivity contribution in [3.63, 3.8) is 0 Å². The Hall–Kier alpha value is -2.32. The number of hydrogen-bond acceptors (Lipinski definition) is 6. The summed E-state index contributed by atoms with van der Waals surface area (Å²) in [5, 5.41) is 12.6. The fourth-order valence-electron chi connectivity index (χ4n) is 4.85. The van der Waals surface area contributed by atoms with Gasteiger partial charge in [-0.1, -0.05) is 30.3 Å². The molecule has 2 saturated heterocycles. The Morgan fingerprint density at radius 2 is 1.97 bits per heavy atom. The maximum Gasteiger partial charge on any atom is 0.222 e. The van der Waals surface area contributed by atoms with Gasteiger partial charge in [0.15, 0.2) is 5.82 Å². The number of hydrogen-bond donors (Lipinski definition) is 0. The molecule has 30 heavy (non-hydrogen) atoms. The second-order valence-electron chi connectivity index (χ2n) is 8.35. The van der Waals surface area contributed by atoms with Crippen molar-refractivity contribution in [3.05, 3.63) is 41.7 Å². The molecule has 1 aromatic carbocycles. The van der Waals surface area contributed by atoms with Gasteiger partial charge in [0.2, 0.25) is 5.91 Å². The predicted octanol–water partition coefficient (Wildman–Crippen LogP) is 1.87. The topological polar surface area (TPSA) is 76.4 Å². The Balaban J connectivity index is 1.44. The van der Waals surface area contributed by atoms with E-state index < -0.39 is 0 Å². The fraction of sp³-hybridized carbons (Fsp3) is 0.636. The smallest absolute Gasteiger partial charge is 0.222 e. The molecule has 8 heteroatoms. The van der Waals surface area contributed by atoms with Gasteiger partial charge >= 0.3 is 0 Å². The van der Waals surface area contributed by atoms with Gasteiger partial charge in [0.25, 0.3) is 0 Å². The lowest BCUT2D eigenvalue weighted by Gasteiger charge is -2.37. The molecule has 1 amide bonds. The first kappa shape index (κ1) is 20.9. The quantitative estimate of drug-likeness (QED) is 0.626. The molecule has 162 valence electrons. The van der Waals surface area contributed by atoms with Gasteiger partial charge in [-0.15, -0.1) is 5.10 Å². The monoisotopic (exact) mass is 412 g/mol. The number of rotatable bonds is 9. The van der Waals surface area contributed by atoms with Gasteiger partial charge in [-0.05, 0) is 61.2 Å². The molecule has 1 atom stereocenters. The van der Waals surface area contributed by atoms with Gasteiger partial charge in [0, 0.05) is 26.6 Å². The van der Waals surface area contributed by atoms with E-state index in [0.29, 0.717) is 26.1 Å². The Morgan fingerprint density at radius 3 is 2.73 bits per heavy atom. The van der Waals surface area contributed by atoms with Crippen LogP contribution in [-0.2, 0) is 28.0 Å². The zero-order valence-corrected chi connectivity index (χ0v) is 17.9. The zero-order chi connectivity index (χ0) is 20.8. The Labute approximate surface area is 178 Å². The lowest BCUT2D eigenvalue weighted by molar-refractivity contribution is -0.130. The maximum absolute atomic E-state index is 13.0. The summed E-state index contributed by atoms with van der Waals surface area (Å²) in [7, 11) is 1.69. The molecule has 2 aromatic rings. The van der Waals surface area contributed by atoms with Crippen molar-refractivity contribution in [2.45, 2.75) is 50.6 Å². The number of likely N-dealkylation sites (tertiary alicyclic amines) is 2. The molecule has 0 bridgehead atoms. The zero-order valence-electron chi connectivity index (χ0n) is 17.9. The van der Waals surface area contributed by atoms with Crippen LogP contribution in [0.25, 0.3) is 0 Å². The summed E-state index contributed by atoms with van der Waals surface area (Å²) in [4.78, 5) is 17.5. The summed E-state index contributed by atoms with van der Waals surface area (Å²) in [6, 6.07) is 10.4. The van der Waals surface area contributed by atoms with E-state index in [4.69, 9.17) is 4.74 Å². The van der Waals surface area contributed by atoms with Gasteiger partial charge in [-0.3, -0.25) is 9.69 Å². The third kappa shape index (κ3) is 4.39. The van der Waals surface area contributed by atoms with Crippen LogP contribution >= 0.6 is 0 Å². The van der Waals surface area contributed by atoms with Crippen LogP contribution in [0.15, 0.2) is 30.3 Å². The molecule has 0 aliphatic carbocycles. The van der Waals surface area contributed by atoms with Crippen molar-refractivity contribution in [2.24, 2.45) is 0 Å². The van der Waals surface area contributed by atoms with Crippen molar-refractivity contribution in [3.8, 4) is 0 Å². The average molecular weight is 413 g/mol. The van der Waals surface area contributed by atoms with Crippen LogP contribution in [0.1, 0.15) is 43.5 Å². The largest absolute Gasteiger partial charge is 0.383 e. The van der Waals surface area contributed by atoms with Crippen LogP contribution in [0.2, 0.25) is 0 Å². The first-order valence-electron chi connectivity index (χ1n) is 11.1. The first-order valence-corrected chi connectivity index (χ1v) is 11.1. The standard InChI is InChI=1S/C22H32N6O2/c1-30-17-16-28-21(23-24-25-28)22(27-13-5-6-14-27)12-15-26(18-22)20(29)11-7-10-19-8-3-2-4-9-19/h2-4,8-9H,5-7,10-18H2,1H3/t22-/m0/s1. The van der Waals surface area contributed by atoms with E-state index in [1.54, 1.807) is 7.11 Å². The summed E-state index contributed by atoms with van der Waals surface area (Å²) in [5.74, 6) is 1.11. The minimum atomic E-state index is -0.289. The third-order valence-corrected chi connectivity index (χ3v) is 6.47. The van der Waals surface area contributed by atoms with E-state index in [9.17, 15) is 4.79 Å². The van der Waals surface area contributed by atoms with E-state index in [2.05, 4.69) is 44.7 Å². The molecule has 0 saturated carbocycles. The minimum Gasteiger partial charge on any atom is -0.383 e. The average Bonchev–Trinajstić information content (AvgIpc) is 3.53. The van der Waals surface area contributed by atoms with E-state index in [1.807, 2.05) is 15.6 Å². The van der Waals surface area contributed by atoms with Gasteiger partial charge in [-0.25, -0.2) is 4.68 Å². The molecule has 0 N–H and O–H groups in total. The molecule has 2 aliphatic rings. The number of carbonyl (C=O) groups is 1. The number of nitrogens with zero attached hydrogens (tertiary/aromatic N) is 6. The molecule has 0 unspecified atom stereocenters. The summed E-state index contributed by atoms with van der Waals surface area (Å²) < 4.78 is 7.10. The number of aryl methyl sites for hydroxylation is 1. The molecule has 1 aromatic heterocycles. The minimum absolute atomic E-state index is 0.239. The second-order valence-corrected chi connectivity index (χ2v) is 8.35. The number of ether oxygens (including phenoxy) is 1. The SMILES string of the molecule is COCCn1nnnc1[C@]1(N2CCCC2)CCN(C(=O)CCCc2ccccc2)C1. The van der Waals surface area contributed by atoms with Gasteiger partial charge in [0.1, 0.15) is 5.54 Å². The highest BCUT2D eigenvalue weighted by Crippen LogP contribution is 2.39. The van der Waals surface area contributed by atoms with E-state index in [1.165, 1.54) is 18.4 Å². The van der Waals surface area contributed by atoms with Gasteiger partial charge < -0.3 is 9.64 Å². The predicted molar refractivity (Wildman–Crippen MR) is 113 cm³/mol. The highest BCUT2D eigenvalue weighted by atomic mass is 16.5. The maximum atomic E-state index is 13.0.